The summed E-state index contributed by atoms with van der Waals surface area (Å²) in [7, 11) is -2.17. The third kappa shape index (κ3) is 5.80. The molecule has 2 aromatic rings. The number of anilines is 1. The second-order valence-electron chi connectivity index (χ2n) is 5.72. The number of carbonyl (C=O) groups excluding carboxylic acids is 1. The molecule has 0 aliphatic heterocycles. The number of hydrogen-bond acceptors (Lipinski definition) is 5. The van der Waals surface area contributed by atoms with E-state index >= 15 is 0 Å². The fourth-order valence-corrected chi connectivity index (χ4v) is 3.79. The Labute approximate surface area is 167 Å². The van der Waals surface area contributed by atoms with E-state index in [9.17, 15) is 13.2 Å². The van der Waals surface area contributed by atoms with Gasteiger partial charge in [0, 0.05) is 4.47 Å². The van der Waals surface area contributed by atoms with E-state index in [1.165, 1.54) is 20.2 Å². The Morgan fingerprint density at radius 1 is 1.19 bits per heavy atom. The van der Waals surface area contributed by atoms with Crippen LogP contribution < -0.4 is 14.5 Å². The second-order valence-corrected chi connectivity index (χ2v) is 8.49. The lowest BCUT2D eigenvalue weighted by Crippen LogP contribution is -2.46. The smallest absolute Gasteiger partial charge is 0.263 e. The van der Waals surface area contributed by atoms with Crippen molar-refractivity contribution in [3.8, 4) is 5.75 Å². The molecule has 1 amide bonds. The molecule has 2 aromatic carbocycles. The Morgan fingerprint density at radius 3 is 2.30 bits per heavy atom. The van der Waals surface area contributed by atoms with Crippen LogP contribution >= 0.6 is 15.9 Å². The number of carbonyl (C=O) groups is 1. The number of amides is 1. The van der Waals surface area contributed by atoms with E-state index in [1.54, 1.807) is 24.3 Å². The maximum absolute atomic E-state index is 12.4. The van der Waals surface area contributed by atoms with Crippen LogP contribution in [0.3, 0.4) is 0 Å². The maximum Gasteiger partial charge on any atom is 0.263 e. The number of methoxy groups -OCH3 is 1. The average molecular weight is 454 g/mol. The average Bonchev–Trinajstić information content (AvgIpc) is 2.62. The summed E-state index contributed by atoms with van der Waals surface area (Å²) in [5.41, 5.74) is 3.53. The van der Waals surface area contributed by atoms with Crippen molar-refractivity contribution in [2.45, 2.75) is 13.0 Å². The van der Waals surface area contributed by atoms with E-state index in [4.69, 9.17) is 4.74 Å². The predicted molar refractivity (Wildman–Crippen MR) is 110 cm³/mol. The normalized spacial score (nSPS) is 12.6. The molecule has 0 aromatic heterocycles. The van der Waals surface area contributed by atoms with Crippen molar-refractivity contribution in [2.75, 3.05) is 17.7 Å². The lowest BCUT2D eigenvalue weighted by atomic mass is 10.2. The molecule has 0 bridgehead atoms. The summed E-state index contributed by atoms with van der Waals surface area (Å²) in [5.74, 6) is 0.0352. The molecule has 0 saturated carbocycles. The molecule has 0 aliphatic carbocycles. The van der Waals surface area contributed by atoms with Gasteiger partial charge in [-0.25, -0.2) is 13.8 Å². The van der Waals surface area contributed by atoms with Crippen LogP contribution in [0.2, 0.25) is 0 Å². The van der Waals surface area contributed by atoms with Crippen molar-refractivity contribution in [3.63, 3.8) is 0 Å². The van der Waals surface area contributed by atoms with Gasteiger partial charge in [-0.3, -0.25) is 9.10 Å². The van der Waals surface area contributed by atoms with E-state index in [1.807, 2.05) is 24.3 Å². The Bertz CT molecular complexity index is 913. The fourth-order valence-electron chi connectivity index (χ4n) is 2.35. The lowest BCUT2D eigenvalue weighted by Gasteiger charge is -2.27. The third-order valence-corrected chi connectivity index (χ3v) is 5.44. The zero-order chi connectivity index (χ0) is 20.0. The lowest BCUT2D eigenvalue weighted by molar-refractivity contribution is -0.121. The van der Waals surface area contributed by atoms with Crippen molar-refractivity contribution in [2.24, 2.45) is 5.10 Å². The highest BCUT2D eigenvalue weighted by molar-refractivity contribution is 9.10. The zero-order valence-corrected chi connectivity index (χ0v) is 17.5. The first-order valence-electron chi connectivity index (χ1n) is 7.94. The van der Waals surface area contributed by atoms with Crippen molar-refractivity contribution in [3.05, 3.63) is 58.6 Å². The molecule has 27 heavy (non-hydrogen) atoms. The van der Waals surface area contributed by atoms with Gasteiger partial charge < -0.3 is 4.74 Å². The molecule has 2 rings (SSSR count). The van der Waals surface area contributed by atoms with Crippen molar-refractivity contribution in [1.82, 2.24) is 5.43 Å². The number of benzene rings is 2. The van der Waals surface area contributed by atoms with Gasteiger partial charge in [-0.1, -0.05) is 28.1 Å². The molecule has 0 heterocycles. The van der Waals surface area contributed by atoms with Gasteiger partial charge in [-0.15, -0.1) is 0 Å². The summed E-state index contributed by atoms with van der Waals surface area (Å²) in [6.07, 6.45) is 2.53. The van der Waals surface area contributed by atoms with Gasteiger partial charge >= 0.3 is 0 Å². The van der Waals surface area contributed by atoms with Gasteiger partial charge in [0.25, 0.3) is 5.91 Å². The standard InChI is InChI=1S/C18H20BrN3O4S/c1-13(18(23)21-20-12-14-4-6-15(19)7-5-14)22(27(3,24)25)16-8-10-17(26-2)11-9-16/h4-13H,1-3H3,(H,21,23)/b20-12-/t13-/m0/s1. The van der Waals surface area contributed by atoms with Gasteiger partial charge in [0.2, 0.25) is 10.0 Å². The Balaban J connectivity index is 2.15. The molecular weight excluding hydrogens is 434 g/mol. The number of sulfonamides is 1. The Hall–Kier alpha value is -2.39. The molecule has 0 saturated heterocycles. The zero-order valence-electron chi connectivity index (χ0n) is 15.1. The molecule has 9 heteroatoms. The molecule has 0 unspecified atom stereocenters. The first-order chi connectivity index (χ1) is 12.7. The Kier molecular flexibility index (Phi) is 6.98. The highest BCUT2D eigenvalue weighted by atomic mass is 79.9. The number of nitrogens with one attached hydrogen (secondary N) is 1. The molecule has 0 aliphatic rings. The van der Waals surface area contributed by atoms with Crippen LogP contribution in [0.4, 0.5) is 5.69 Å². The van der Waals surface area contributed by atoms with Gasteiger partial charge in [-0.2, -0.15) is 5.10 Å². The third-order valence-electron chi connectivity index (χ3n) is 3.67. The molecule has 1 N–H and O–H groups in total. The largest absolute Gasteiger partial charge is 0.497 e. The van der Waals surface area contributed by atoms with Crippen molar-refractivity contribution in [1.29, 1.82) is 0 Å². The van der Waals surface area contributed by atoms with Crippen molar-refractivity contribution < 1.29 is 17.9 Å². The fraction of sp³-hybridized carbons (Fsp3) is 0.222. The number of hydrazone groups is 1. The molecule has 0 spiro atoms. The SMILES string of the molecule is COc1ccc(N([C@@H](C)C(=O)N/N=C\c2ccc(Br)cc2)S(C)(=O)=O)cc1. The quantitative estimate of drug-likeness (QED) is 0.515. The van der Waals surface area contributed by atoms with Gasteiger partial charge in [0.05, 0.1) is 25.3 Å². The van der Waals surface area contributed by atoms with Gasteiger partial charge in [-0.05, 0) is 48.9 Å². The van der Waals surface area contributed by atoms with E-state index in [-0.39, 0.29) is 0 Å². The molecule has 1 atom stereocenters. The van der Waals surface area contributed by atoms with Gasteiger partial charge in [0.15, 0.2) is 0 Å². The van der Waals surface area contributed by atoms with Crippen LogP contribution in [-0.4, -0.2) is 39.9 Å². The minimum Gasteiger partial charge on any atom is -0.497 e. The minimum absolute atomic E-state index is 0.359. The minimum atomic E-state index is -3.69. The highest BCUT2D eigenvalue weighted by Crippen LogP contribution is 2.23. The summed E-state index contributed by atoms with van der Waals surface area (Å²) >= 11 is 3.34. The predicted octanol–water partition coefficient (Wildman–Crippen LogP) is 2.76. The first kappa shape index (κ1) is 20.9. The molecule has 0 radical (unpaired) electrons. The number of ether oxygens (including phenoxy) is 1. The summed E-state index contributed by atoms with van der Waals surface area (Å²) in [6.45, 7) is 1.50. The van der Waals surface area contributed by atoms with E-state index in [0.717, 1.165) is 20.6 Å². The summed E-state index contributed by atoms with van der Waals surface area (Å²) in [5, 5.41) is 3.90. The number of nitrogens with zero attached hydrogens (tertiary/aromatic N) is 2. The molecule has 7 nitrogen and oxygen atoms in total. The van der Waals surface area contributed by atoms with E-state index in [2.05, 4.69) is 26.5 Å². The van der Waals surface area contributed by atoms with Crippen LogP contribution in [0, 0.1) is 0 Å². The maximum atomic E-state index is 12.4. The van der Waals surface area contributed by atoms with Crippen LogP contribution in [0.5, 0.6) is 5.75 Å². The number of halogens is 1. The first-order valence-corrected chi connectivity index (χ1v) is 10.6. The monoisotopic (exact) mass is 453 g/mol. The molecule has 0 fully saturated rings. The van der Waals surface area contributed by atoms with Gasteiger partial charge in [0.1, 0.15) is 11.8 Å². The number of rotatable bonds is 7. The second kappa shape index (κ2) is 9.01. The van der Waals surface area contributed by atoms with Crippen LogP contribution in [0.15, 0.2) is 58.1 Å². The molecule has 144 valence electrons. The summed E-state index contributed by atoms with van der Waals surface area (Å²) < 4.78 is 31.5. The van der Waals surface area contributed by atoms with E-state index < -0.39 is 22.0 Å². The van der Waals surface area contributed by atoms with Crippen molar-refractivity contribution >= 4 is 43.8 Å². The highest BCUT2D eigenvalue weighted by Gasteiger charge is 2.29. The summed E-state index contributed by atoms with van der Waals surface area (Å²) in [4.78, 5) is 12.4. The van der Waals surface area contributed by atoms with Crippen LogP contribution in [0.25, 0.3) is 0 Å². The molecular formula is C18H20BrN3O4S. The topological polar surface area (TPSA) is 88.1 Å². The van der Waals surface area contributed by atoms with Crippen LogP contribution in [-0.2, 0) is 14.8 Å². The van der Waals surface area contributed by atoms with E-state index in [0.29, 0.717) is 11.4 Å². The van der Waals surface area contributed by atoms with Crippen LogP contribution in [0.1, 0.15) is 12.5 Å². The summed E-state index contributed by atoms with van der Waals surface area (Å²) in [6, 6.07) is 12.8. The number of hydrogen-bond donors (Lipinski definition) is 1. The Morgan fingerprint density at radius 2 is 1.78 bits per heavy atom.